The summed E-state index contributed by atoms with van der Waals surface area (Å²) in [6, 6.07) is 2.28. The second kappa shape index (κ2) is 7.06. The van der Waals surface area contributed by atoms with Crippen LogP contribution in [-0.2, 0) is 9.84 Å². The minimum absolute atomic E-state index is 0.0539. The van der Waals surface area contributed by atoms with Gasteiger partial charge in [0, 0.05) is 25.9 Å². The summed E-state index contributed by atoms with van der Waals surface area (Å²) in [5.74, 6) is 1.54. The number of hydrogen-bond acceptors (Lipinski definition) is 6. The summed E-state index contributed by atoms with van der Waals surface area (Å²) in [5, 5.41) is 9.74. The van der Waals surface area contributed by atoms with Gasteiger partial charge in [-0.05, 0) is 37.7 Å². The molecule has 0 atom stereocenters. The molecule has 3 rings (SSSR count). The Labute approximate surface area is 142 Å². The maximum atomic E-state index is 12.1. The second-order valence-corrected chi connectivity index (χ2v) is 8.81. The van der Waals surface area contributed by atoms with Crippen LogP contribution in [0.25, 0.3) is 11.0 Å². The maximum Gasteiger partial charge on any atom is 0.150 e. The summed E-state index contributed by atoms with van der Waals surface area (Å²) in [4.78, 5) is 13.8. The van der Waals surface area contributed by atoms with Crippen LogP contribution in [0.15, 0.2) is 18.6 Å². The van der Waals surface area contributed by atoms with E-state index in [1.807, 2.05) is 19.3 Å². The summed E-state index contributed by atoms with van der Waals surface area (Å²) in [6.45, 7) is 0.0539. The Kier molecular flexibility index (Phi) is 5.05. The molecule has 7 nitrogen and oxygen atoms in total. The Hall–Kier alpha value is -1.67. The molecule has 1 fully saturated rings. The molecule has 0 radical (unpaired) electrons. The highest BCUT2D eigenvalue weighted by Gasteiger charge is 2.35. The van der Waals surface area contributed by atoms with E-state index in [4.69, 9.17) is 5.11 Å². The summed E-state index contributed by atoms with van der Waals surface area (Å²) in [6.07, 6.45) is 6.22. The van der Waals surface area contributed by atoms with Crippen LogP contribution in [0.2, 0.25) is 0 Å². The summed E-state index contributed by atoms with van der Waals surface area (Å²) in [7, 11) is -1.01. The lowest BCUT2D eigenvalue weighted by Gasteiger charge is -2.41. The Morgan fingerprint density at radius 2 is 2.12 bits per heavy atom. The standard InChI is InChI=1S/C16H24N4O3S/c1-20(16-14-4-5-17-15(14)18-11-19-16)13-8-12(9-13)10-24(22,23)7-3-2-6-21/h4-5,11-13,21H,2-3,6-10H2,1H3,(H,17,18,19). The van der Waals surface area contributed by atoms with Crippen molar-refractivity contribution in [1.29, 1.82) is 0 Å². The number of fused-ring (bicyclic) bond motifs is 1. The van der Waals surface area contributed by atoms with Gasteiger partial charge in [-0.1, -0.05) is 0 Å². The molecule has 2 N–H and O–H groups in total. The Morgan fingerprint density at radius 3 is 2.88 bits per heavy atom. The van der Waals surface area contributed by atoms with Gasteiger partial charge < -0.3 is 15.0 Å². The third kappa shape index (κ3) is 3.70. The summed E-state index contributed by atoms with van der Waals surface area (Å²) in [5.41, 5.74) is 0.814. The van der Waals surface area contributed by atoms with Crippen LogP contribution in [0, 0.1) is 5.92 Å². The van der Waals surface area contributed by atoms with E-state index in [2.05, 4.69) is 19.9 Å². The molecule has 8 heteroatoms. The number of aliphatic hydroxyl groups is 1. The smallest absolute Gasteiger partial charge is 0.150 e. The number of hydrogen-bond donors (Lipinski definition) is 2. The average Bonchev–Trinajstić information content (AvgIpc) is 2.98. The van der Waals surface area contributed by atoms with Crippen LogP contribution in [0.4, 0.5) is 5.82 Å². The number of rotatable bonds is 8. The zero-order valence-electron chi connectivity index (χ0n) is 13.9. The quantitative estimate of drug-likeness (QED) is 0.696. The van der Waals surface area contributed by atoms with Crippen LogP contribution in [0.3, 0.4) is 0 Å². The minimum atomic E-state index is -3.01. The van der Waals surface area contributed by atoms with Crippen molar-refractivity contribution in [2.24, 2.45) is 5.92 Å². The number of anilines is 1. The number of sulfone groups is 1. The highest BCUT2D eigenvalue weighted by molar-refractivity contribution is 7.91. The number of aliphatic hydroxyl groups excluding tert-OH is 1. The molecule has 1 saturated carbocycles. The molecule has 132 valence electrons. The Morgan fingerprint density at radius 1 is 1.33 bits per heavy atom. The van der Waals surface area contributed by atoms with Crippen LogP contribution in [0.1, 0.15) is 25.7 Å². The van der Waals surface area contributed by atoms with Crippen LogP contribution < -0.4 is 4.90 Å². The van der Waals surface area contributed by atoms with Crippen molar-refractivity contribution >= 4 is 26.7 Å². The van der Waals surface area contributed by atoms with Crippen molar-refractivity contribution in [3.8, 4) is 0 Å². The fourth-order valence-corrected chi connectivity index (χ4v) is 5.14. The molecule has 0 spiro atoms. The van der Waals surface area contributed by atoms with Crippen molar-refractivity contribution in [2.45, 2.75) is 31.7 Å². The first-order chi connectivity index (χ1) is 11.5. The van der Waals surface area contributed by atoms with E-state index in [1.54, 1.807) is 6.33 Å². The Balaban J connectivity index is 1.55. The van der Waals surface area contributed by atoms with E-state index >= 15 is 0 Å². The number of aromatic amines is 1. The van der Waals surface area contributed by atoms with Crippen LogP contribution >= 0.6 is 0 Å². The highest BCUT2D eigenvalue weighted by atomic mass is 32.2. The first-order valence-corrected chi connectivity index (χ1v) is 10.1. The third-order valence-electron chi connectivity index (χ3n) is 4.78. The molecule has 0 aromatic carbocycles. The van der Waals surface area contributed by atoms with E-state index in [0.29, 0.717) is 18.9 Å². The first kappa shape index (κ1) is 17.2. The summed E-state index contributed by atoms with van der Waals surface area (Å²) >= 11 is 0. The molecule has 0 unspecified atom stereocenters. The lowest BCUT2D eigenvalue weighted by molar-refractivity contribution is 0.281. The molecular weight excluding hydrogens is 328 g/mol. The molecule has 24 heavy (non-hydrogen) atoms. The van der Waals surface area contributed by atoms with Crippen molar-refractivity contribution in [3.63, 3.8) is 0 Å². The molecule has 0 bridgehead atoms. The fourth-order valence-electron chi connectivity index (χ4n) is 3.34. The molecule has 0 aliphatic heterocycles. The second-order valence-electron chi connectivity index (χ2n) is 6.58. The van der Waals surface area contributed by atoms with Gasteiger partial charge in [0.1, 0.15) is 17.8 Å². The number of aromatic nitrogens is 3. The predicted octanol–water partition coefficient (Wildman–Crippen LogP) is 1.36. The fraction of sp³-hybridized carbons (Fsp3) is 0.625. The van der Waals surface area contributed by atoms with Crippen molar-refractivity contribution in [3.05, 3.63) is 18.6 Å². The largest absolute Gasteiger partial charge is 0.396 e. The van der Waals surface area contributed by atoms with E-state index < -0.39 is 9.84 Å². The number of unbranched alkanes of at least 4 members (excludes halogenated alkanes) is 1. The number of nitrogens with one attached hydrogen (secondary N) is 1. The van der Waals surface area contributed by atoms with Gasteiger partial charge in [-0.15, -0.1) is 0 Å². The van der Waals surface area contributed by atoms with Gasteiger partial charge in [-0.3, -0.25) is 0 Å². The lowest BCUT2D eigenvalue weighted by Crippen LogP contribution is -2.45. The van der Waals surface area contributed by atoms with Crippen molar-refractivity contribution in [1.82, 2.24) is 15.0 Å². The molecule has 1 aliphatic rings. The van der Waals surface area contributed by atoms with Gasteiger partial charge in [0.15, 0.2) is 9.84 Å². The Bertz CT molecular complexity index is 783. The molecule has 0 amide bonds. The number of nitrogens with zero attached hydrogens (tertiary/aromatic N) is 3. The molecule has 0 saturated heterocycles. The van der Waals surface area contributed by atoms with Crippen LogP contribution in [0.5, 0.6) is 0 Å². The molecule has 2 aromatic rings. The average molecular weight is 352 g/mol. The van der Waals surface area contributed by atoms with Gasteiger partial charge in [0.2, 0.25) is 0 Å². The maximum absolute atomic E-state index is 12.1. The van der Waals surface area contributed by atoms with E-state index in [0.717, 1.165) is 29.7 Å². The first-order valence-electron chi connectivity index (χ1n) is 8.32. The topological polar surface area (TPSA) is 99.2 Å². The van der Waals surface area contributed by atoms with Gasteiger partial charge >= 0.3 is 0 Å². The SMILES string of the molecule is CN(c1ncnc2[nH]ccc12)C1CC(CS(=O)(=O)CCCCO)C1. The normalized spacial score (nSPS) is 20.9. The minimum Gasteiger partial charge on any atom is -0.396 e. The van der Waals surface area contributed by atoms with Gasteiger partial charge in [-0.2, -0.15) is 0 Å². The van der Waals surface area contributed by atoms with E-state index in [9.17, 15) is 8.42 Å². The third-order valence-corrected chi connectivity index (χ3v) is 6.67. The monoisotopic (exact) mass is 352 g/mol. The molecular formula is C16H24N4O3S. The van der Waals surface area contributed by atoms with E-state index in [1.165, 1.54) is 0 Å². The molecule has 1 aliphatic carbocycles. The zero-order valence-corrected chi connectivity index (χ0v) is 14.7. The predicted molar refractivity (Wildman–Crippen MR) is 93.8 cm³/mol. The van der Waals surface area contributed by atoms with Crippen molar-refractivity contribution in [2.75, 3.05) is 30.1 Å². The highest BCUT2D eigenvalue weighted by Crippen LogP contribution is 2.35. The molecule has 2 aromatic heterocycles. The van der Waals surface area contributed by atoms with Crippen molar-refractivity contribution < 1.29 is 13.5 Å². The summed E-state index contributed by atoms with van der Waals surface area (Å²) < 4.78 is 24.2. The van der Waals surface area contributed by atoms with Gasteiger partial charge in [0.05, 0.1) is 16.9 Å². The van der Waals surface area contributed by atoms with Gasteiger partial charge in [0.25, 0.3) is 0 Å². The lowest BCUT2D eigenvalue weighted by atomic mass is 9.81. The zero-order chi connectivity index (χ0) is 17.2. The van der Waals surface area contributed by atoms with Crippen LogP contribution in [-0.4, -0.2) is 59.7 Å². The number of H-pyrrole nitrogens is 1. The van der Waals surface area contributed by atoms with E-state index in [-0.39, 0.29) is 24.0 Å². The molecule has 2 heterocycles. The van der Waals surface area contributed by atoms with Gasteiger partial charge in [-0.25, -0.2) is 18.4 Å².